The van der Waals surface area contributed by atoms with E-state index in [1.807, 2.05) is 17.2 Å². The van der Waals surface area contributed by atoms with Gasteiger partial charge in [-0.15, -0.1) is 4.83 Å². The SMILES string of the molecule is CCCCS(=O)(=O)NNC(=O)CS(=O)(=O)c1ccc(Cl)cc1. The van der Waals surface area contributed by atoms with Gasteiger partial charge in [0.15, 0.2) is 9.84 Å². The molecule has 0 radical (unpaired) electrons. The Labute approximate surface area is 135 Å². The van der Waals surface area contributed by atoms with Gasteiger partial charge in [0.2, 0.25) is 10.0 Å². The Morgan fingerprint density at radius 3 is 2.27 bits per heavy atom. The van der Waals surface area contributed by atoms with Crippen LogP contribution < -0.4 is 10.3 Å². The maximum absolute atomic E-state index is 12.0. The summed E-state index contributed by atoms with van der Waals surface area (Å²) in [6.45, 7) is 1.83. The Hall–Kier alpha value is -1.16. The first-order valence-corrected chi connectivity index (χ1v) is 10.1. The number of benzene rings is 1. The number of nitrogens with one attached hydrogen (secondary N) is 2. The third-order valence-corrected chi connectivity index (χ3v) is 5.73. The molecule has 1 aromatic rings. The van der Waals surface area contributed by atoms with Gasteiger partial charge < -0.3 is 0 Å². The molecule has 0 aromatic heterocycles. The Morgan fingerprint density at radius 1 is 1.14 bits per heavy atom. The molecule has 1 aromatic carbocycles. The predicted octanol–water partition coefficient (Wildman–Crippen LogP) is 0.864. The second-order valence-electron chi connectivity index (χ2n) is 4.54. The minimum absolute atomic E-state index is 0.0686. The summed E-state index contributed by atoms with van der Waals surface area (Å²) >= 11 is 5.66. The Balaban J connectivity index is 2.63. The summed E-state index contributed by atoms with van der Waals surface area (Å²) < 4.78 is 46.9. The molecule has 0 aliphatic carbocycles. The second kappa shape index (κ2) is 7.91. The van der Waals surface area contributed by atoms with E-state index in [0.29, 0.717) is 17.9 Å². The van der Waals surface area contributed by atoms with Crippen LogP contribution in [0.15, 0.2) is 29.2 Å². The van der Waals surface area contributed by atoms with E-state index in [1.54, 1.807) is 0 Å². The highest BCUT2D eigenvalue weighted by atomic mass is 35.5. The molecule has 2 N–H and O–H groups in total. The lowest BCUT2D eigenvalue weighted by Gasteiger charge is -2.08. The molecule has 0 heterocycles. The molecule has 0 bridgehead atoms. The minimum Gasteiger partial charge on any atom is -0.277 e. The summed E-state index contributed by atoms with van der Waals surface area (Å²) in [6, 6.07) is 5.33. The molecular formula is C12H17ClN2O5S2. The van der Waals surface area contributed by atoms with Crippen molar-refractivity contribution in [1.29, 1.82) is 0 Å². The number of carbonyl (C=O) groups excluding carboxylic acids is 1. The van der Waals surface area contributed by atoms with Crippen molar-refractivity contribution in [3.63, 3.8) is 0 Å². The van der Waals surface area contributed by atoms with E-state index in [-0.39, 0.29) is 10.6 Å². The average Bonchev–Trinajstić information content (AvgIpc) is 2.43. The van der Waals surface area contributed by atoms with Crippen LogP contribution in [0.3, 0.4) is 0 Å². The lowest BCUT2D eigenvalue weighted by molar-refractivity contribution is -0.119. The predicted molar refractivity (Wildman–Crippen MR) is 83.5 cm³/mol. The van der Waals surface area contributed by atoms with Crippen molar-refractivity contribution in [2.45, 2.75) is 24.7 Å². The molecule has 7 nitrogen and oxygen atoms in total. The number of sulfonamides is 1. The van der Waals surface area contributed by atoms with E-state index >= 15 is 0 Å². The number of amides is 1. The number of rotatable bonds is 8. The molecule has 0 aliphatic rings. The van der Waals surface area contributed by atoms with Crippen molar-refractivity contribution >= 4 is 37.4 Å². The van der Waals surface area contributed by atoms with E-state index in [9.17, 15) is 21.6 Å². The van der Waals surface area contributed by atoms with Crippen molar-refractivity contribution in [3.05, 3.63) is 29.3 Å². The summed E-state index contributed by atoms with van der Waals surface area (Å²) in [7, 11) is -7.53. The Kier molecular flexibility index (Phi) is 6.79. The molecule has 0 fully saturated rings. The van der Waals surface area contributed by atoms with Crippen LogP contribution in [0.5, 0.6) is 0 Å². The zero-order valence-electron chi connectivity index (χ0n) is 11.9. The Morgan fingerprint density at radius 2 is 1.73 bits per heavy atom. The molecule has 0 saturated heterocycles. The number of carbonyl (C=O) groups is 1. The molecular weight excluding hydrogens is 352 g/mol. The highest BCUT2D eigenvalue weighted by Crippen LogP contribution is 2.15. The van der Waals surface area contributed by atoms with Gasteiger partial charge in [0.25, 0.3) is 5.91 Å². The monoisotopic (exact) mass is 368 g/mol. The first-order valence-electron chi connectivity index (χ1n) is 6.43. The number of unbranched alkanes of at least 4 members (excludes halogenated alkanes) is 1. The fourth-order valence-electron chi connectivity index (χ4n) is 1.45. The van der Waals surface area contributed by atoms with Crippen LogP contribution in [0.2, 0.25) is 5.02 Å². The standard InChI is InChI=1S/C12H17ClN2O5S2/c1-2-3-8-22(19,20)15-14-12(16)9-21(17,18)11-6-4-10(13)5-7-11/h4-7,15H,2-3,8-9H2,1H3,(H,14,16). The van der Waals surface area contributed by atoms with Crippen molar-refractivity contribution < 1.29 is 21.6 Å². The molecule has 0 aliphatic heterocycles. The number of hydrogen-bond donors (Lipinski definition) is 2. The zero-order chi connectivity index (χ0) is 16.8. The summed E-state index contributed by atoms with van der Waals surface area (Å²) in [5.41, 5.74) is 1.89. The zero-order valence-corrected chi connectivity index (χ0v) is 14.3. The molecule has 0 saturated carbocycles. The van der Waals surface area contributed by atoms with Crippen LogP contribution in [0.25, 0.3) is 0 Å². The summed E-state index contributed by atoms with van der Waals surface area (Å²) in [5.74, 6) is -1.98. The first kappa shape index (κ1) is 18.9. The van der Waals surface area contributed by atoms with E-state index in [1.165, 1.54) is 24.3 Å². The Bertz CT molecular complexity index is 714. The summed E-state index contributed by atoms with van der Waals surface area (Å²) in [4.78, 5) is 13.4. The third-order valence-electron chi connectivity index (χ3n) is 2.61. The molecule has 0 atom stereocenters. The van der Waals surface area contributed by atoms with Gasteiger partial charge in [0, 0.05) is 5.02 Å². The van der Waals surface area contributed by atoms with Gasteiger partial charge >= 0.3 is 0 Å². The van der Waals surface area contributed by atoms with E-state index in [0.717, 1.165) is 0 Å². The molecule has 124 valence electrons. The maximum atomic E-state index is 12.0. The third kappa shape index (κ3) is 6.30. The van der Waals surface area contributed by atoms with E-state index < -0.39 is 31.5 Å². The quantitative estimate of drug-likeness (QED) is 0.661. The lowest BCUT2D eigenvalue weighted by Crippen LogP contribution is -2.45. The van der Waals surface area contributed by atoms with Gasteiger partial charge in [-0.2, -0.15) is 0 Å². The van der Waals surface area contributed by atoms with E-state index in [4.69, 9.17) is 11.6 Å². The van der Waals surface area contributed by atoms with Gasteiger partial charge in [-0.3, -0.25) is 10.2 Å². The van der Waals surface area contributed by atoms with Gasteiger partial charge in [-0.05, 0) is 30.7 Å². The van der Waals surface area contributed by atoms with Crippen molar-refractivity contribution in [3.8, 4) is 0 Å². The molecule has 1 amide bonds. The highest BCUT2D eigenvalue weighted by molar-refractivity contribution is 7.92. The van der Waals surface area contributed by atoms with Crippen LogP contribution in [0.4, 0.5) is 0 Å². The lowest BCUT2D eigenvalue weighted by atomic mass is 10.4. The van der Waals surface area contributed by atoms with Crippen molar-refractivity contribution in [2.75, 3.05) is 11.5 Å². The van der Waals surface area contributed by atoms with Crippen LogP contribution in [-0.2, 0) is 24.7 Å². The molecule has 22 heavy (non-hydrogen) atoms. The smallest absolute Gasteiger partial charge is 0.250 e. The minimum atomic E-state index is -3.87. The van der Waals surface area contributed by atoms with Crippen LogP contribution >= 0.6 is 11.6 Å². The maximum Gasteiger partial charge on any atom is 0.250 e. The summed E-state index contributed by atoms with van der Waals surface area (Å²) in [5, 5.41) is 0.368. The van der Waals surface area contributed by atoms with Crippen LogP contribution in [-0.4, -0.2) is 34.2 Å². The number of halogens is 1. The number of sulfone groups is 1. The number of hydrogen-bond acceptors (Lipinski definition) is 5. The topological polar surface area (TPSA) is 109 Å². The number of hydrazine groups is 1. The molecule has 0 unspecified atom stereocenters. The van der Waals surface area contributed by atoms with Crippen molar-refractivity contribution in [1.82, 2.24) is 10.3 Å². The fourth-order valence-corrected chi connectivity index (χ4v) is 3.75. The second-order valence-corrected chi connectivity index (χ2v) is 8.80. The van der Waals surface area contributed by atoms with Gasteiger partial charge in [0.05, 0.1) is 10.6 Å². The van der Waals surface area contributed by atoms with Gasteiger partial charge in [-0.25, -0.2) is 16.8 Å². The molecule has 0 spiro atoms. The first-order chi connectivity index (χ1) is 10.2. The average molecular weight is 369 g/mol. The summed E-state index contributed by atoms with van der Waals surface area (Å²) in [6.07, 6.45) is 1.12. The van der Waals surface area contributed by atoms with Crippen LogP contribution in [0.1, 0.15) is 19.8 Å². The molecule has 1 rings (SSSR count). The van der Waals surface area contributed by atoms with Gasteiger partial charge in [0.1, 0.15) is 5.75 Å². The van der Waals surface area contributed by atoms with Gasteiger partial charge in [-0.1, -0.05) is 24.9 Å². The molecule has 10 heteroatoms. The van der Waals surface area contributed by atoms with Crippen molar-refractivity contribution in [2.24, 2.45) is 0 Å². The highest BCUT2D eigenvalue weighted by Gasteiger charge is 2.20. The normalized spacial score (nSPS) is 12.1. The fraction of sp³-hybridized carbons (Fsp3) is 0.417. The largest absolute Gasteiger partial charge is 0.277 e. The van der Waals surface area contributed by atoms with Crippen LogP contribution in [0, 0.1) is 0 Å². The van der Waals surface area contributed by atoms with E-state index in [2.05, 4.69) is 0 Å².